The quantitative estimate of drug-likeness (QED) is 0.275. The standard InChI is InChI=1S/C28H18N4O3S/c29-23-22-20(17-10-4-1-5-11-17)16-21(18-12-6-2-7-13-18)30-27(22)36-26(23)25(33)24-28(34)35-31-32(24)19-14-8-3-9-15-19/h1-16H,(H2-,29,31,33,34). The lowest BCUT2D eigenvalue weighted by molar-refractivity contribution is -0.672. The van der Waals surface area contributed by atoms with Gasteiger partial charge < -0.3 is 15.4 Å². The molecule has 8 heteroatoms. The number of nitrogen functional groups attached to an aromatic ring is 1. The largest absolute Gasteiger partial charge is 0.539 e. The number of rotatable bonds is 5. The van der Waals surface area contributed by atoms with Gasteiger partial charge in [0.25, 0.3) is 5.78 Å². The molecule has 0 unspecified atom stereocenters. The molecule has 6 rings (SSSR count). The van der Waals surface area contributed by atoms with E-state index >= 15 is 0 Å². The number of benzene rings is 3. The van der Waals surface area contributed by atoms with Crippen molar-refractivity contribution >= 4 is 33.0 Å². The molecule has 0 spiro atoms. The van der Waals surface area contributed by atoms with Crippen molar-refractivity contribution in [2.45, 2.75) is 0 Å². The monoisotopic (exact) mass is 490 g/mol. The van der Waals surface area contributed by atoms with Crippen molar-refractivity contribution in [3.8, 4) is 34.0 Å². The summed E-state index contributed by atoms with van der Waals surface area (Å²) in [6, 6.07) is 30.4. The molecule has 174 valence electrons. The third-order valence-electron chi connectivity index (χ3n) is 5.89. The first-order valence-corrected chi connectivity index (χ1v) is 12.0. The Bertz CT molecular complexity index is 1710. The topological polar surface area (TPSA) is 109 Å². The van der Waals surface area contributed by atoms with Crippen molar-refractivity contribution in [1.82, 2.24) is 10.3 Å². The molecule has 0 aliphatic heterocycles. The minimum absolute atomic E-state index is 0.213. The van der Waals surface area contributed by atoms with E-state index in [0.717, 1.165) is 33.7 Å². The minimum atomic E-state index is -0.832. The second kappa shape index (κ2) is 8.75. The van der Waals surface area contributed by atoms with Crippen molar-refractivity contribution in [3.05, 3.63) is 108 Å². The highest BCUT2D eigenvalue weighted by Gasteiger charge is 2.32. The number of hydrogen-bond acceptors (Lipinski definition) is 7. The molecule has 0 radical (unpaired) electrons. The van der Waals surface area contributed by atoms with Gasteiger partial charge in [0.1, 0.15) is 9.71 Å². The van der Waals surface area contributed by atoms with Gasteiger partial charge in [0.05, 0.1) is 16.7 Å². The van der Waals surface area contributed by atoms with Gasteiger partial charge in [0.2, 0.25) is 5.69 Å². The van der Waals surface area contributed by atoms with Crippen LogP contribution < -0.4 is 15.5 Å². The Morgan fingerprint density at radius 1 is 0.889 bits per heavy atom. The lowest BCUT2D eigenvalue weighted by Crippen LogP contribution is -2.39. The van der Waals surface area contributed by atoms with E-state index in [0.29, 0.717) is 15.9 Å². The van der Waals surface area contributed by atoms with Gasteiger partial charge in [-0.3, -0.25) is 4.79 Å². The van der Waals surface area contributed by atoms with Crippen LogP contribution in [-0.4, -0.2) is 16.0 Å². The minimum Gasteiger partial charge on any atom is -0.539 e. The first-order valence-electron chi connectivity index (χ1n) is 11.1. The number of hydrogen-bond donors (Lipinski definition) is 1. The van der Waals surface area contributed by atoms with Gasteiger partial charge in [0.15, 0.2) is 5.95 Å². The maximum absolute atomic E-state index is 13.7. The average molecular weight is 491 g/mol. The van der Waals surface area contributed by atoms with E-state index in [1.165, 1.54) is 4.68 Å². The number of aromatic nitrogens is 3. The molecule has 0 saturated carbocycles. The predicted molar refractivity (Wildman–Crippen MR) is 136 cm³/mol. The summed E-state index contributed by atoms with van der Waals surface area (Å²) in [7, 11) is 0. The normalized spacial score (nSPS) is 11.1. The van der Waals surface area contributed by atoms with Gasteiger partial charge in [-0.15, -0.1) is 11.3 Å². The van der Waals surface area contributed by atoms with Crippen LogP contribution in [0.25, 0.3) is 38.3 Å². The molecule has 36 heavy (non-hydrogen) atoms. The number of carbonyl (C=O) groups excluding carboxylic acids is 1. The highest BCUT2D eigenvalue weighted by molar-refractivity contribution is 7.21. The number of nitrogens with zero attached hydrogens (tertiary/aromatic N) is 3. The Balaban J connectivity index is 1.57. The first kappa shape index (κ1) is 21.7. The molecule has 3 aromatic heterocycles. The van der Waals surface area contributed by atoms with E-state index in [1.54, 1.807) is 24.3 Å². The number of ketones is 1. The highest BCUT2D eigenvalue weighted by atomic mass is 32.1. The van der Waals surface area contributed by atoms with E-state index < -0.39 is 11.7 Å². The van der Waals surface area contributed by atoms with E-state index in [-0.39, 0.29) is 16.3 Å². The van der Waals surface area contributed by atoms with Gasteiger partial charge in [-0.25, -0.2) is 4.98 Å². The average Bonchev–Trinajstić information content (AvgIpc) is 3.49. The van der Waals surface area contributed by atoms with Crippen LogP contribution >= 0.6 is 11.3 Å². The van der Waals surface area contributed by atoms with Gasteiger partial charge in [-0.2, -0.15) is 0 Å². The van der Waals surface area contributed by atoms with Gasteiger partial charge in [0, 0.05) is 23.1 Å². The van der Waals surface area contributed by atoms with Crippen LogP contribution in [0.15, 0.2) is 102 Å². The molecule has 6 aromatic rings. The summed E-state index contributed by atoms with van der Waals surface area (Å²) < 4.78 is 6.07. The van der Waals surface area contributed by atoms with Crippen molar-refractivity contribution in [2.75, 3.05) is 5.73 Å². The Hall–Kier alpha value is -4.82. The molecular weight excluding hydrogens is 472 g/mol. The summed E-state index contributed by atoms with van der Waals surface area (Å²) in [4.78, 5) is 19.4. The molecule has 0 amide bonds. The molecule has 2 N–H and O–H groups in total. The number of nitrogens with two attached hydrogens (primary N) is 1. The molecular formula is C28H18N4O3S. The summed E-state index contributed by atoms with van der Waals surface area (Å²) in [6.07, 6.45) is 0. The maximum Gasteiger partial charge on any atom is 0.312 e. The summed E-state index contributed by atoms with van der Waals surface area (Å²) >= 11 is 1.15. The van der Waals surface area contributed by atoms with Crippen molar-refractivity contribution in [3.63, 3.8) is 0 Å². The van der Waals surface area contributed by atoms with Gasteiger partial charge in [-0.05, 0) is 21.9 Å². The smallest absolute Gasteiger partial charge is 0.312 e. The van der Waals surface area contributed by atoms with Crippen LogP contribution in [0.5, 0.6) is 5.95 Å². The first-order chi connectivity index (χ1) is 17.6. The number of anilines is 1. The van der Waals surface area contributed by atoms with Crippen LogP contribution in [-0.2, 0) is 0 Å². The SMILES string of the molecule is Nc1c(C(=O)c2c([O-])on[n+]2-c2ccccc2)sc2nc(-c3ccccc3)cc(-c3ccccc3)c12. The van der Waals surface area contributed by atoms with E-state index in [9.17, 15) is 9.90 Å². The molecule has 0 saturated heterocycles. The fraction of sp³-hybridized carbons (Fsp3) is 0. The number of thiophene rings is 1. The molecule has 0 bridgehead atoms. The third kappa shape index (κ3) is 3.60. The van der Waals surface area contributed by atoms with Crippen LogP contribution in [0.2, 0.25) is 0 Å². The third-order valence-corrected chi connectivity index (χ3v) is 6.98. The second-order valence-corrected chi connectivity index (χ2v) is 9.10. The van der Waals surface area contributed by atoms with Crippen molar-refractivity contribution < 1.29 is 19.1 Å². The lowest BCUT2D eigenvalue weighted by Gasteiger charge is -2.08. The highest BCUT2D eigenvalue weighted by Crippen LogP contribution is 2.42. The Kier molecular flexibility index (Phi) is 5.28. The maximum atomic E-state index is 13.7. The van der Waals surface area contributed by atoms with Crippen LogP contribution in [0, 0.1) is 0 Å². The second-order valence-electron chi connectivity index (χ2n) is 8.10. The summed E-state index contributed by atoms with van der Waals surface area (Å²) in [5.74, 6) is -1.40. The summed E-state index contributed by atoms with van der Waals surface area (Å²) in [5.41, 5.74) is 10.7. The molecule has 0 aliphatic carbocycles. The lowest BCUT2D eigenvalue weighted by atomic mass is 9.99. The Labute approximate surface area is 209 Å². The fourth-order valence-electron chi connectivity index (χ4n) is 4.18. The molecule has 3 aromatic carbocycles. The van der Waals surface area contributed by atoms with E-state index in [4.69, 9.17) is 15.2 Å². The van der Waals surface area contributed by atoms with Crippen molar-refractivity contribution in [1.29, 1.82) is 0 Å². The molecule has 0 aliphatic rings. The zero-order chi connectivity index (χ0) is 24.6. The van der Waals surface area contributed by atoms with Crippen LogP contribution in [0.1, 0.15) is 15.4 Å². The molecule has 3 heterocycles. The number of pyridine rings is 1. The van der Waals surface area contributed by atoms with E-state index in [1.807, 2.05) is 72.8 Å². The molecule has 0 fully saturated rings. The molecule has 7 nitrogen and oxygen atoms in total. The zero-order valence-corrected chi connectivity index (χ0v) is 19.6. The number of para-hydroxylation sites is 1. The Morgan fingerprint density at radius 3 is 2.17 bits per heavy atom. The summed E-state index contributed by atoms with van der Waals surface area (Å²) in [6.45, 7) is 0. The van der Waals surface area contributed by atoms with Gasteiger partial charge >= 0.3 is 5.69 Å². The van der Waals surface area contributed by atoms with Crippen LogP contribution in [0.3, 0.4) is 0 Å². The van der Waals surface area contributed by atoms with E-state index in [2.05, 4.69) is 5.27 Å². The molecule has 0 atom stereocenters. The predicted octanol–water partition coefficient (Wildman–Crippen LogP) is 4.78. The van der Waals surface area contributed by atoms with Gasteiger partial charge in [-0.1, -0.05) is 78.9 Å². The zero-order valence-electron chi connectivity index (χ0n) is 18.8. The summed E-state index contributed by atoms with van der Waals surface area (Å²) in [5, 5.41) is 17.0. The number of carbonyl (C=O) groups is 1. The fourth-order valence-corrected chi connectivity index (χ4v) is 5.24. The van der Waals surface area contributed by atoms with Crippen molar-refractivity contribution in [2.24, 2.45) is 0 Å². The number of fused-ring (bicyclic) bond motifs is 1. The van der Waals surface area contributed by atoms with Crippen LogP contribution in [0.4, 0.5) is 5.69 Å². The Morgan fingerprint density at radius 2 is 1.50 bits per heavy atom.